The van der Waals surface area contributed by atoms with E-state index < -0.39 is 55.7 Å². The number of nitrogens with one attached hydrogen (secondary N) is 1. The van der Waals surface area contributed by atoms with Gasteiger partial charge in [0.25, 0.3) is 0 Å². The Labute approximate surface area is 140 Å². The summed E-state index contributed by atoms with van der Waals surface area (Å²) in [6, 6.07) is 0. The van der Waals surface area contributed by atoms with E-state index in [2.05, 4.69) is 17.9 Å². The van der Waals surface area contributed by atoms with E-state index in [-0.39, 0.29) is 0 Å². The van der Waals surface area contributed by atoms with Gasteiger partial charge < -0.3 is 19.5 Å². The number of carbonyl (C=O) groups excluding carboxylic acids is 3. The summed E-state index contributed by atoms with van der Waals surface area (Å²) in [7, 11) is 0. The molecule has 0 heterocycles. The number of amides is 1. The first-order valence-electron chi connectivity index (χ1n) is 6.65. The van der Waals surface area contributed by atoms with Gasteiger partial charge >= 0.3 is 30.4 Å². The van der Waals surface area contributed by atoms with Crippen molar-refractivity contribution in [2.75, 3.05) is 19.8 Å². The largest absolute Gasteiger partial charge is 0.460 e. The van der Waals surface area contributed by atoms with Crippen LogP contribution in [0.4, 0.5) is 22.4 Å². The Bertz CT molecular complexity index is 499. The highest BCUT2D eigenvalue weighted by Gasteiger charge is 2.42. The van der Waals surface area contributed by atoms with Crippen molar-refractivity contribution in [2.24, 2.45) is 0 Å². The summed E-state index contributed by atoms with van der Waals surface area (Å²) in [6.07, 6.45) is -3.89. The van der Waals surface area contributed by atoms with Crippen molar-refractivity contribution >= 4 is 18.0 Å². The minimum atomic E-state index is -4.53. The van der Waals surface area contributed by atoms with Gasteiger partial charge in [0, 0.05) is 12.2 Å². The normalized spacial score (nSPS) is 11.4. The number of rotatable bonds is 10. The van der Waals surface area contributed by atoms with Crippen molar-refractivity contribution in [1.29, 1.82) is 0 Å². The van der Waals surface area contributed by atoms with Crippen LogP contribution in [0.3, 0.4) is 0 Å². The zero-order valence-electron chi connectivity index (χ0n) is 13.2. The predicted octanol–water partition coefficient (Wildman–Crippen LogP) is 1.83. The van der Waals surface area contributed by atoms with Crippen molar-refractivity contribution in [3.8, 4) is 0 Å². The Kier molecular flexibility index (Phi) is 8.65. The lowest BCUT2D eigenvalue weighted by atomic mass is 10.1. The molecule has 0 aromatic heterocycles. The number of carbonyl (C=O) groups is 3. The molecule has 0 aliphatic rings. The fraction of sp³-hybridized carbons (Fsp3) is 0.500. The molecule has 0 radical (unpaired) electrons. The van der Waals surface area contributed by atoms with E-state index in [1.807, 2.05) is 5.32 Å². The van der Waals surface area contributed by atoms with Crippen molar-refractivity contribution in [2.45, 2.75) is 24.8 Å². The number of hydrogen-bond donors (Lipinski definition) is 1. The highest BCUT2D eigenvalue weighted by molar-refractivity contribution is 5.81. The Morgan fingerprint density at radius 1 is 1.00 bits per heavy atom. The van der Waals surface area contributed by atoms with Crippen LogP contribution in [0.5, 0.6) is 0 Å². The third kappa shape index (κ3) is 8.72. The summed E-state index contributed by atoms with van der Waals surface area (Å²) in [4.78, 5) is 33.7. The monoisotopic (exact) mass is 371 g/mol. The summed E-state index contributed by atoms with van der Waals surface area (Å²) in [5.74, 6) is -6.28. The minimum absolute atomic E-state index is 0.553. The molecule has 0 aromatic carbocycles. The molecule has 0 unspecified atom stereocenters. The van der Waals surface area contributed by atoms with E-state index in [1.54, 1.807) is 0 Å². The van der Waals surface area contributed by atoms with Gasteiger partial charge in [0.05, 0.1) is 0 Å². The molecular weight excluding hydrogens is 354 g/mol. The van der Waals surface area contributed by atoms with E-state index in [1.165, 1.54) is 6.92 Å². The average molecular weight is 371 g/mol. The van der Waals surface area contributed by atoms with Gasteiger partial charge in [-0.2, -0.15) is 8.78 Å². The topological polar surface area (TPSA) is 90.9 Å². The van der Waals surface area contributed by atoms with E-state index >= 15 is 0 Å². The summed E-state index contributed by atoms with van der Waals surface area (Å²) in [5.41, 5.74) is -1.59. The smallest absolute Gasteiger partial charge is 0.408 e. The Morgan fingerprint density at radius 2 is 1.44 bits per heavy atom. The standard InChI is InChI=1S/C14H17F4NO6/c1-4-9(20)23-6-13(3,7-24-10(21)5-2)19-12(22)25-8-14(17,18)11(15)16/h4-5,11H,1-2,6-8H2,3H3,(H,19,22). The van der Waals surface area contributed by atoms with Crippen LogP contribution in [-0.4, -0.2) is 55.7 Å². The summed E-state index contributed by atoms with van der Waals surface area (Å²) < 4.78 is 62.9. The van der Waals surface area contributed by atoms with Crippen LogP contribution in [0.25, 0.3) is 0 Å². The van der Waals surface area contributed by atoms with Crippen LogP contribution in [0, 0.1) is 0 Å². The molecule has 1 N–H and O–H groups in total. The van der Waals surface area contributed by atoms with E-state index in [4.69, 9.17) is 9.47 Å². The molecule has 0 rings (SSSR count). The van der Waals surface area contributed by atoms with Gasteiger partial charge in [-0.3, -0.25) is 0 Å². The van der Waals surface area contributed by atoms with Crippen molar-refractivity contribution in [3.05, 3.63) is 25.3 Å². The molecule has 0 saturated carbocycles. The summed E-state index contributed by atoms with van der Waals surface area (Å²) in [6.45, 7) is 4.54. The van der Waals surface area contributed by atoms with Crippen LogP contribution in [0.1, 0.15) is 6.92 Å². The van der Waals surface area contributed by atoms with Gasteiger partial charge in [-0.05, 0) is 6.92 Å². The van der Waals surface area contributed by atoms with Crippen molar-refractivity contribution < 1.29 is 46.2 Å². The number of esters is 2. The molecule has 11 heteroatoms. The first kappa shape index (κ1) is 22.4. The van der Waals surface area contributed by atoms with Crippen LogP contribution < -0.4 is 5.32 Å². The molecule has 0 atom stereocenters. The Balaban J connectivity index is 4.86. The summed E-state index contributed by atoms with van der Waals surface area (Å²) >= 11 is 0. The number of hydrogen-bond acceptors (Lipinski definition) is 6. The number of alkyl carbamates (subject to hydrolysis) is 1. The van der Waals surface area contributed by atoms with E-state index in [0.29, 0.717) is 0 Å². The maximum atomic E-state index is 12.7. The van der Waals surface area contributed by atoms with Crippen LogP contribution in [0.15, 0.2) is 25.3 Å². The van der Waals surface area contributed by atoms with Crippen molar-refractivity contribution in [3.63, 3.8) is 0 Å². The molecule has 0 aliphatic carbocycles. The molecule has 142 valence electrons. The number of alkyl halides is 4. The SMILES string of the molecule is C=CC(=O)OCC(C)(COC(=O)C=C)NC(=O)OCC(F)(F)C(F)F. The number of ether oxygens (including phenoxy) is 3. The molecule has 0 aromatic rings. The lowest BCUT2D eigenvalue weighted by Crippen LogP contribution is -2.54. The van der Waals surface area contributed by atoms with Gasteiger partial charge in [-0.1, -0.05) is 13.2 Å². The van der Waals surface area contributed by atoms with Gasteiger partial charge in [0.2, 0.25) is 0 Å². The third-order valence-corrected chi connectivity index (χ3v) is 2.52. The molecular formula is C14H17F4NO6. The quantitative estimate of drug-likeness (QED) is 0.273. The maximum Gasteiger partial charge on any atom is 0.408 e. The highest BCUT2D eigenvalue weighted by atomic mass is 19.3. The second kappa shape index (κ2) is 9.64. The Hall–Kier alpha value is -2.59. The van der Waals surface area contributed by atoms with Crippen LogP contribution in [-0.2, 0) is 23.8 Å². The maximum absolute atomic E-state index is 12.7. The van der Waals surface area contributed by atoms with Crippen molar-refractivity contribution in [1.82, 2.24) is 5.32 Å². The zero-order chi connectivity index (χ0) is 19.7. The lowest BCUT2D eigenvalue weighted by Gasteiger charge is -2.29. The molecule has 1 amide bonds. The highest BCUT2D eigenvalue weighted by Crippen LogP contribution is 2.23. The second-order valence-electron chi connectivity index (χ2n) is 4.95. The molecule has 7 nitrogen and oxygen atoms in total. The first-order chi connectivity index (χ1) is 11.5. The Morgan fingerprint density at radius 3 is 1.80 bits per heavy atom. The van der Waals surface area contributed by atoms with Crippen LogP contribution in [0.2, 0.25) is 0 Å². The third-order valence-electron chi connectivity index (χ3n) is 2.52. The fourth-order valence-corrected chi connectivity index (χ4v) is 1.20. The number of halogens is 4. The van der Waals surface area contributed by atoms with Gasteiger partial charge in [0.1, 0.15) is 18.8 Å². The lowest BCUT2D eigenvalue weighted by molar-refractivity contribution is -0.155. The van der Waals surface area contributed by atoms with E-state index in [9.17, 15) is 31.9 Å². The van der Waals surface area contributed by atoms with E-state index in [0.717, 1.165) is 12.2 Å². The molecule has 0 saturated heterocycles. The second-order valence-corrected chi connectivity index (χ2v) is 4.95. The van der Waals surface area contributed by atoms with Gasteiger partial charge in [-0.25, -0.2) is 23.2 Å². The average Bonchev–Trinajstić information content (AvgIpc) is 2.55. The molecule has 0 aliphatic heterocycles. The fourth-order valence-electron chi connectivity index (χ4n) is 1.20. The molecule has 0 bridgehead atoms. The van der Waals surface area contributed by atoms with Gasteiger partial charge in [0.15, 0.2) is 6.61 Å². The molecule has 25 heavy (non-hydrogen) atoms. The predicted molar refractivity (Wildman–Crippen MR) is 76.2 cm³/mol. The first-order valence-corrected chi connectivity index (χ1v) is 6.65. The van der Waals surface area contributed by atoms with Crippen LogP contribution >= 0.6 is 0 Å². The minimum Gasteiger partial charge on any atom is -0.460 e. The molecule has 0 fully saturated rings. The van der Waals surface area contributed by atoms with Gasteiger partial charge in [-0.15, -0.1) is 0 Å². The summed E-state index contributed by atoms with van der Waals surface area (Å²) in [5, 5.41) is 2.00. The molecule has 0 spiro atoms. The zero-order valence-corrected chi connectivity index (χ0v) is 13.2.